The number of anilines is 2. The number of fused-ring (bicyclic) bond motifs is 1. The summed E-state index contributed by atoms with van der Waals surface area (Å²) in [7, 11) is 0. The van der Waals surface area contributed by atoms with E-state index in [1.807, 2.05) is 0 Å². The monoisotopic (exact) mass is 419 g/mol. The Labute approximate surface area is 169 Å². The topological polar surface area (TPSA) is 45.2 Å². The second kappa shape index (κ2) is 7.37. The summed E-state index contributed by atoms with van der Waals surface area (Å²) >= 11 is 12.1. The van der Waals surface area contributed by atoms with Crippen molar-refractivity contribution in [1.29, 1.82) is 0 Å². The Hall–Kier alpha value is -2.70. The summed E-state index contributed by atoms with van der Waals surface area (Å²) in [6.45, 7) is 0.428. The predicted octanol–water partition coefficient (Wildman–Crippen LogP) is 5.93. The van der Waals surface area contributed by atoms with Gasteiger partial charge in [-0.15, -0.1) is 0 Å². The second-order valence-corrected chi connectivity index (χ2v) is 7.10. The summed E-state index contributed by atoms with van der Waals surface area (Å²) in [4.78, 5) is 18.1. The first-order valence-electron chi connectivity index (χ1n) is 8.40. The summed E-state index contributed by atoms with van der Waals surface area (Å²) in [5, 5.41) is 3.38. The van der Waals surface area contributed by atoms with Gasteiger partial charge in [-0.3, -0.25) is 9.88 Å². The highest BCUT2D eigenvalue weighted by Gasteiger charge is 2.26. The zero-order valence-electron chi connectivity index (χ0n) is 14.3. The van der Waals surface area contributed by atoms with Gasteiger partial charge in [-0.2, -0.15) is 0 Å². The highest BCUT2D eigenvalue weighted by molar-refractivity contribution is 6.42. The third-order valence-electron chi connectivity index (χ3n) is 4.51. The maximum atomic E-state index is 14.2. The van der Waals surface area contributed by atoms with Crippen molar-refractivity contribution in [2.75, 3.05) is 16.8 Å². The molecule has 142 valence electrons. The molecule has 4 rings (SSSR count). The van der Waals surface area contributed by atoms with E-state index in [-0.39, 0.29) is 11.3 Å². The molecule has 0 spiro atoms. The van der Waals surface area contributed by atoms with Crippen molar-refractivity contribution in [2.45, 2.75) is 6.42 Å². The zero-order chi connectivity index (χ0) is 19.8. The van der Waals surface area contributed by atoms with Crippen molar-refractivity contribution >= 4 is 40.6 Å². The van der Waals surface area contributed by atoms with Gasteiger partial charge in [0.05, 0.1) is 15.7 Å². The smallest absolute Gasteiger partial charge is 0.307 e. The number of hydrogen-bond acceptors (Lipinski definition) is 2. The Bertz CT molecular complexity index is 1080. The van der Waals surface area contributed by atoms with Crippen LogP contribution in [0.1, 0.15) is 5.56 Å². The van der Waals surface area contributed by atoms with E-state index in [0.717, 1.165) is 11.6 Å². The van der Waals surface area contributed by atoms with Gasteiger partial charge in [-0.05, 0) is 36.2 Å². The molecule has 3 aromatic rings. The molecule has 0 saturated heterocycles. The molecule has 2 aromatic carbocycles. The van der Waals surface area contributed by atoms with Crippen molar-refractivity contribution in [2.24, 2.45) is 0 Å². The van der Waals surface area contributed by atoms with Crippen LogP contribution in [0.4, 0.5) is 25.0 Å². The molecule has 1 aliphatic heterocycles. The Morgan fingerprint density at radius 2 is 1.93 bits per heavy atom. The molecule has 0 radical (unpaired) electrons. The lowest BCUT2D eigenvalue weighted by Gasteiger charge is -2.19. The molecule has 1 aromatic heterocycles. The fourth-order valence-electron chi connectivity index (χ4n) is 3.18. The van der Waals surface area contributed by atoms with Gasteiger partial charge in [0.2, 0.25) is 0 Å². The summed E-state index contributed by atoms with van der Waals surface area (Å²) in [5.41, 5.74) is 2.09. The zero-order valence-corrected chi connectivity index (χ0v) is 15.9. The standard InChI is InChI=1S/C20H13Cl2F2N3O/c21-15-6-11-3-5-27(18(11)9-16(15)22)20(28)26-13-7-14(19(24)17(23)8-13)12-2-1-4-25-10-12/h1-2,4,6-10H,3,5H2,(H,26,28). The molecule has 1 aliphatic rings. The van der Waals surface area contributed by atoms with Gasteiger partial charge in [-0.1, -0.05) is 29.3 Å². The van der Waals surface area contributed by atoms with Crippen LogP contribution in [0.3, 0.4) is 0 Å². The van der Waals surface area contributed by atoms with Gasteiger partial charge >= 0.3 is 6.03 Å². The highest BCUT2D eigenvalue weighted by atomic mass is 35.5. The fourth-order valence-corrected chi connectivity index (χ4v) is 3.52. The number of nitrogens with zero attached hydrogens (tertiary/aromatic N) is 2. The molecule has 1 N–H and O–H groups in total. The van der Waals surface area contributed by atoms with Crippen LogP contribution in [0.15, 0.2) is 48.8 Å². The van der Waals surface area contributed by atoms with E-state index < -0.39 is 17.7 Å². The van der Waals surface area contributed by atoms with Crippen LogP contribution in [0.2, 0.25) is 10.0 Å². The van der Waals surface area contributed by atoms with Gasteiger partial charge in [0.1, 0.15) is 0 Å². The summed E-state index contributed by atoms with van der Waals surface area (Å²) in [6, 6.07) is 8.42. The van der Waals surface area contributed by atoms with Crippen LogP contribution in [0, 0.1) is 11.6 Å². The Kier molecular flexibility index (Phi) is 4.91. The Balaban J connectivity index is 1.63. The minimum Gasteiger partial charge on any atom is -0.307 e. The quantitative estimate of drug-likeness (QED) is 0.559. The van der Waals surface area contributed by atoms with Gasteiger partial charge in [-0.25, -0.2) is 13.6 Å². The molecule has 0 saturated carbocycles. The largest absolute Gasteiger partial charge is 0.326 e. The number of amides is 2. The molecule has 2 heterocycles. The number of carbonyl (C=O) groups excluding carboxylic acids is 1. The first kappa shape index (κ1) is 18.7. The van der Waals surface area contributed by atoms with E-state index >= 15 is 0 Å². The van der Waals surface area contributed by atoms with Crippen LogP contribution in [-0.4, -0.2) is 17.6 Å². The third kappa shape index (κ3) is 3.41. The number of hydrogen-bond donors (Lipinski definition) is 1. The molecule has 2 amide bonds. The highest BCUT2D eigenvalue weighted by Crippen LogP contribution is 2.36. The average molecular weight is 420 g/mol. The van der Waals surface area contributed by atoms with Crippen molar-refractivity contribution in [1.82, 2.24) is 4.98 Å². The SMILES string of the molecule is O=C(Nc1cc(F)c(F)c(-c2cccnc2)c1)N1CCc2cc(Cl)c(Cl)cc21. The molecule has 0 bridgehead atoms. The molecule has 0 aliphatic carbocycles. The number of benzene rings is 2. The number of pyridine rings is 1. The Morgan fingerprint density at radius 1 is 1.14 bits per heavy atom. The molecule has 28 heavy (non-hydrogen) atoms. The van der Waals surface area contributed by atoms with E-state index in [9.17, 15) is 13.6 Å². The minimum absolute atomic E-state index is 0.0139. The maximum Gasteiger partial charge on any atom is 0.326 e. The lowest BCUT2D eigenvalue weighted by Crippen LogP contribution is -2.33. The molecule has 4 nitrogen and oxygen atoms in total. The van der Waals surface area contributed by atoms with E-state index in [2.05, 4.69) is 10.3 Å². The number of urea groups is 1. The van der Waals surface area contributed by atoms with Gasteiger partial charge < -0.3 is 5.32 Å². The molecule has 8 heteroatoms. The van der Waals surface area contributed by atoms with Gasteiger partial charge in [0.25, 0.3) is 0 Å². The lowest BCUT2D eigenvalue weighted by atomic mass is 10.1. The predicted molar refractivity (Wildman–Crippen MR) is 106 cm³/mol. The number of halogens is 4. The molecular weight excluding hydrogens is 407 g/mol. The summed E-state index contributed by atoms with van der Waals surface area (Å²) in [6.07, 6.45) is 3.58. The second-order valence-electron chi connectivity index (χ2n) is 6.29. The van der Waals surface area contributed by atoms with Crippen LogP contribution in [0.5, 0.6) is 0 Å². The van der Waals surface area contributed by atoms with Crippen LogP contribution < -0.4 is 10.2 Å². The molecular formula is C20H13Cl2F2N3O. The number of carbonyl (C=O) groups is 1. The third-order valence-corrected chi connectivity index (χ3v) is 5.24. The average Bonchev–Trinajstić information content (AvgIpc) is 3.08. The Morgan fingerprint density at radius 3 is 2.68 bits per heavy atom. The maximum absolute atomic E-state index is 14.2. The van der Waals surface area contributed by atoms with Gasteiger partial charge in [0.15, 0.2) is 11.6 Å². The number of aromatic nitrogens is 1. The van der Waals surface area contributed by atoms with Crippen molar-refractivity contribution < 1.29 is 13.6 Å². The first-order valence-corrected chi connectivity index (χ1v) is 9.15. The van der Waals surface area contributed by atoms with Crippen LogP contribution in [0.25, 0.3) is 11.1 Å². The first-order chi connectivity index (χ1) is 13.4. The number of rotatable bonds is 2. The van der Waals surface area contributed by atoms with Crippen LogP contribution in [-0.2, 0) is 6.42 Å². The summed E-state index contributed by atoms with van der Waals surface area (Å²) < 4.78 is 28.3. The van der Waals surface area contributed by atoms with E-state index in [0.29, 0.717) is 34.3 Å². The van der Waals surface area contributed by atoms with Crippen molar-refractivity contribution in [3.63, 3.8) is 0 Å². The van der Waals surface area contributed by atoms with E-state index in [1.165, 1.54) is 23.4 Å². The minimum atomic E-state index is -1.06. The van der Waals surface area contributed by atoms with Crippen LogP contribution >= 0.6 is 23.2 Å². The van der Waals surface area contributed by atoms with E-state index in [4.69, 9.17) is 23.2 Å². The molecule has 0 atom stereocenters. The summed E-state index contributed by atoms with van der Waals surface area (Å²) in [5.74, 6) is -2.06. The van der Waals surface area contributed by atoms with E-state index in [1.54, 1.807) is 24.3 Å². The fraction of sp³-hybridized carbons (Fsp3) is 0.100. The molecule has 0 fully saturated rings. The number of nitrogens with one attached hydrogen (secondary N) is 1. The normalized spacial score (nSPS) is 12.8. The van der Waals surface area contributed by atoms with Crippen molar-refractivity contribution in [3.8, 4) is 11.1 Å². The van der Waals surface area contributed by atoms with Gasteiger partial charge in [0, 0.05) is 41.8 Å². The van der Waals surface area contributed by atoms with Crippen molar-refractivity contribution in [3.05, 3.63) is 76.0 Å². The molecule has 0 unspecified atom stereocenters. The lowest BCUT2D eigenvalue weighted by molar-refractivity contribution is 0.257.